The molecule has 196 valence electrons. The molecule has 2 aromatic carbocycles. The summed E-state index contributed by atoms with van der Waals surface area (Å²) in [6, 6.07) is 14.8. The Balaban J connectivity index is 1.46. The van der Waals surface area contributed by atoms with Crippen molar-refractivity contribution in [1.29, 1.82) is 0 Å². The Morgan fingerprint density at radius 3 is 2.32 bits per heavy atom. The first-order chi connectivity index (χ1) is 17.9. The fraction of sp³-hybridized carbons (Fsp3) is 0.414. The van der Waals surface area contributed by atoms with Crippen molar-refractivity contribution in [2.75, 3.05) is 48.3 Å². The number of rotatable bonds is 9. The van der Waals surface area contributed by atoms with Crippen molar-refractivity contribution in [2.24, 2.45) is 0 Å². The summed E-state index contributed by atoms with van der Waals surface area (Å²) in [5.74, 6) is 0.354. The number of nitrogens with zero attached hydrogens (tertiary/aromatic N) is 4. The molecule has 0 bridgehead atoms. The molecule has 1 aromatic heterocycles. The van der Waals surface area contributed by atoms with Crippen LogP contribution in [0.2, 0.25) is 0 Å². The Labute approximate surface area is 220 Å². The van der Waals surface area contributed by atoms with Gasteiger partial charge in [0.25, 0.3) is 5.91 Å². The van der Waals surface area contributed by atoms with Crippen molar-refractivity contribution in [3.8, 4) is 5.88 Å². The molecule has 0 unspecified atom stereocenters. The minimum Gasteiger partial charge on any atom is -0.477 e. The third-order valence-electron chi connectivity index (χ3n) is 6.69. The highest BCUT2D eigenvalue weighted by Crippen LogP contribution is 2.25. The maximum absolute atomic E-state index is 13.1. The molecule has 2 heterocycles. The van der Waals surface area contributed by atoms with Crippen molar-refractivity contribution < 1.29 is 9.53 Å². The summed E-state index contributed by atoms with van der Waals surface area (Å²) in [5.41, 5.74) is 5.17. The van der Waals surface area contributed by atoms with Crippen LogP contribution in [0.25, 0.3) is 0 Å². The van der Waals surface area contributed by atoms with Gasteiger partial charge in [0, 0.05) is 55.5 Å². The number of aryl methyl sites for hydroxylation is 2. The van der Waals surface area contributed by atoms with Gasteiger partial charge >= 0.3 is 0 Å². The van der Waals surface area contributed by atoms with Gasteiger partial charge in [-0.1, -0.05) is 25.1 Å². The number of hydrogen-bond acceptors (Lipinski definition) is 7. The van der Waals surface area contributed by atoms with Crippen molar-refractivity contribution in [3.63, 3.8) is 0 Å². The second-order valence-corrected chi connectivity index (χ2v) is 9.77. The quantitative estimate of drug-likeness (QED) is 0.405. The topological polar surface area (TPSA) is 82.6 Å². The molecule has 1 aliphatic heterocycles. The number of carbonyl (C=O) groups excluding carboxylic acids is 1. The average molecular weight is 503 g/mol. The molecule has 0 atom stereocenters. The molecule has 0 radical (unpaired) electrons. The molecule has 8 nitrogen and oxygen atoms in total. The lowest BCUT2D eigenvalue weighted by Crippen LogP contribution is -2.48. The maximum atomic E-state index is 13.1. The third kappa shape index (κ3) is 6.57. The molecule has 8 heteroatoms. The van der Waals surface area contributed by atoms with Crippen LogP contribution in [0, 0.1) is 13.8 Å². The zero-order valence-electron chi connectivity index (χ0n) is 22.5. The van der Waals surface area contributed by atoms with E-state index in [1.165, 1.54) is 11.9 Å². The van der Waals surface area contributed by atoms with Crippen LogP contribution in [0.1, 0.15) is 48.7 Å². The Morgan fingerprint density at radius 2 is 1.70 bits per heavy atom. The summed E-state index contributed by atoms with van der Waals surface area (Å²) in [6.45, 7) is 15.1. The molecule has 1 aliphatic rings. The second-order valence-electron chi connectivity index (χ2n) is 9.77. The van der Waals surface area contributed by atoms with Gasteiger partial charge in [-0.15, -0.1) is 0 Å². The van der Waals surface area contributed by atoms with E-state index in [9.17, 15) is 4.79 Å². The number of aromatic nitrogens is 2. The summed E-state index contributed by atoms with van der Waals surface area (Å²) in [4.78, 5) is 27.0. The number of nitrogens with one attached hydrogen (secondary N) is 2. The van der Waals surface area contributed by atoms with E-state index in [4.69, 9.17) is 4.74 Å². The largest absolute Gasteiger partial charge is 0.477 e. The van der Waals surface area contributed by atoms with Gasteiger partial charge in [0.1, 0.15) is 5.56 Å². The fourth-order valence-corrected chi connectivity index (χ4v) is 4.46. The zero-order valence-corrected chi connectivity index (χ0v) is 22.5. The van der Waals surface area contributed by atoms with Crippen molar-refractivity contribution >= 4 is 28.9 Å². The van der Waals surface area contributed by atoms with E-state index in [2.05, 4.69) is 56.4 Å². The second kappa shape index (κ2) is 12.1. The van der Waals surface area contributed by atoms with E-state index in [1.807, 2.05) is 51.1 Å². The fourth-order valence-electron chi connectivity index (χ4n) is 4.46. The number of piperazine rings is 1. The summed E-state index contributed by atoms with van der Waals surface area (Å²) in [5, 5.41) is 6.25. The minimum absolute atomic E-state index is 0.266. The highest BCUT2D eigenvalue weighted by molar-refractivity contribution is 6.06. The SMILES string of the molecule is CCCOc1nc(Nc2ccc(N3CCN(C(C)C)CC3)cc2)ncc1C(=O)Nc1c(C)cccc1C. The number of ether oxygens (including phenoxy) is 1. The predicted octanol–water partition coefficient (Wildman–Crippen LogP) is 5.41. The standard InChI is InChI=1S/C29H38N6O2/c1-6-18-37-28-25(27(36)32-26-21(4)8-7-9-22(26)5)19-30-29(33-28)31-23-10-12-24(13-11-23)35-16-14-34(15-17-35)20(2)3/h7-13,19-20H,6,14-18H2,1-5H3,(H,32,36)(H,30,31,33). The van der Waals surface area contributed by atoms with Gasteiger partial charge in [0.05, 0.1) is 6.61 Å². The van der Waals surface area contributed by atoms with Crippen LogP contribution in [0.3, 0.4) is 0 Å². The average Bonchev–Trinajstić information content (AvgIpc) is 2.90. The zero-order chi connectivity index (χ0) is 26.4. The van der Waals surface area contributed by atoms with Gasteiger partial charge in [0.2, 0.25) is 11.8 Å². The van der Waals surface area contributed by atoms with E-state index < -0.39 is 0 Å². The Morgan fingerprint density at radius 1 is 1.03 bits per heavy atom. The number of carbonyl (C=O) groups is 1. The molecule has 0 aliphatic carbocycles. The van der Waals surface area contributed by atoms with Crippen LogP contribution in [0.4, 0.5) is 23.0 Å². The van der Waals surface area contributed by atoms with Gasteiger partial charge in [-0.05, 0) is 69.5 Å². The lowest BCUT2D eigenvalue weighted by molar-refractivity contribution is 0.102. The number of benzene rings is 2. The van der Waals surface area contributed by atoms with Gasteiger partial charge in [-0.25, -0.2) is 4.98 Å². The molecule has 1 fully saturated rings. The monoisotopic (exact) mass is 502 g/mol. The van der Waals surface area contributed by atoms with Crippen molar-refractivity contribution in [3.05, 3.63) is 65.4 Å². The number of amides is 1. The van der Waals surface area contributed by atoms with Gasteiger partial charge < -0.3 is 20.3 Å². The van der Waals surface area contributed by atoms with Crippen LogP contribution >= 0.6 is 0 Å². The minimum atomic E-state index is -0.294. The lowest BCUT2D eigenvalue weighted by Gasteiger charge is -2.38. The highest BCUT2D eigenvalue weighted by atomic mass is 16.5. The molecule has 1 saturated heterocycles. The lowest BCUT2D eigenvalue weighted by atomic mass is 10.1. The number of para-hydroxylation sites is 1. The van der Waals surface area contributed by atoms with Crippen molar-refractivity contribution in [1.82, 2.24) is 14.9 Å². The van der Waals surface area contributed by atoms with E-state index in [1.54, 1.807) is 0 Å². The smallest absolute Gasteiger partial charge is 0.262 e. The molecule has 1 amide bonds. The normalized spacial score (nSPS) is 14.1. The molecule has 0 saturated carbocycles. The summed E-state index contributed by atoms with van der Waals surface area (Å²) in [6.07, 6.45) is 2.32. The molecular formula is C29H38N6O2. The van der Waals surface area contributed by atoms with Crippen LogP contribution in [0.15, 0.2) is 48.7 Å². The first kappa shape index (κ1) is 26.4. The summed E-state index contributed by atoms with van der Waals surface area (Å²) >= 11 is 0. The summed E-state index contributed by atoms with van der Waals surface area (Å²) < 4.78 is 5.85. The van der Waals surface area contributed by atoms with Crippen LogP contribution in [-0.2, 0) is 0 Å². The maximum Gasteiger partial charge on any atom is 0.262 e. The molecular weight excluding hydrogens is 464 g/mol. The molecule has 0 spiro atoms. The van der Waals surface area contributed by atoms with E-state index in [0.29, 0.717) is 24.2 Å². The number of hydrogen-bond donors (Lipinski definition) is 2. The summed E-state index contributed by atoms with van der Waals surface area (Å²) in [7, 11) is 0. The van der Waals surface area contributed by atoms with E-state index >= 15 is 0 Å². The number of anilines is 4. The Kier molecular flexibility index (Phi) is 8.61. The highest BCUT2D eigenvalue weighted by Gasteiger charge is 2.20. The third-order valence-corrected chi connectivity index (χ3v) is 6.69. The van der Waals surface area contributed by atoms with Crippen LogP contribution < -0.4 is 20.3 Å². The van der Waals surface area contributed by atoms with Crippen molar-refractivity contribution in [2.45, 2.75) is 47.1 Å². The molecule has 3 aromatic rings. The first-order valence-corrected chi connectivity index (χ1v) is 13.1. The molecule has 37 heavy (non-hydrogen) atoms. The van der Waals surface area contributed by atoms with Gasteiger partial charge in [-0.2, -0.15) is 4.98 Å². The van der Waals surface area contributed by atoms with E-state index in [0.717, 1.165) is 55.1 Å². The van der Waals surface area contributed by atoms with Gasteiger partial charge in [0.15, 0.2) is 0 Å². The van der Waals surface area contributed by atoms with Crippen LogP contribution in [-0.4, -0.2) is 59.6 Å². The Bertz CT molecular complexity index is 1180. The van der Waals surface area contributed by atoms with Crippen LogP contribution in [0.5, 0.6) is 5.88 Å². The van der Waals surface area contributed by atoms with Gasteiger partial charge in [-0.3, -0.25) is 9.69 Å². The Hall–Kier alpha value is -3.65. The molecule has 2 N–H and O–H groups in total. The molecule has 4 rings (SSSR count). The predicted molar refractivity (Wildman–Crippen MR) is 150 cm³/mol. The first-order valence-electron chi connectivity index (χ1n) is 13.1. The van der Waals surface area contributed by atoms with E-state index in [-0.39, 0.29) is 11.8 Å².